The van der Waals surface area contributed by atoms with E-state index in [2.05, 4.69) is 35.4 Å². The van der Waals surface area contributed by atoms with Gasteiger partial charge in [0.1, 0.15) is 5.82 Å². The zero-order chi connectivity index (χ0) is 11.5. The molecule has 16 heavy (non-hydrogen) atoms. The first-order valence-corrected chi connectivity index (χ1v) is 7.07. The predicted molar refractivity (Wildman–Crippen MR) is 68.9 cm³/mol. The Morgan fingerprint density at radius 3 is 2.88 bits per heavy atom. The molecule has 0 spiro atoms. The second-order valence-electron chi connectivity index (χ2n) is 4.89. The smallest absolute Gasteiger partial charge is 0.202 e. The molecule has 1 heterocycles. The average Bonchev–Trinajstić information content (AvgIpc) is 2.73. The van der Waals surface area contributed by atoms with Gasteiger partial charge in [-0.1, -0.05) is 33.6 Å². The van der Waals surface area contributed by atoms with Crippen LogP contribution >= 0.6 is 11.5 Å². The Kier molecular flexibility index (Phi) is 3.79. The number of aromatic nitrogens is 2. The molecule has 0 radical (unpaired) electrons. The first-order chi connectivity index (χ1) is 7.70. The molecule has 0 saturated heterocycles. The second kappa shape index (κ2) is 5.13. The second-order valence-corrected chi connectivity index (χ2v) is 5.64. The maximum absolute atomic E-state index is 4.48. The van der Waals surface area contributed by atoms with Crippen LogP contribution < -0.4 is 5.32 Å². The first kappa shape index (κ1) is 11.8. The number of hydrogen-bond acceptors (Lipinski definition) is 4. The minimum Gasteiger partial charge on any atom is -0.357 e. The molecule has 90 valence electrons. The van der Waals surface area contributed by atoms with E-state index in [1.165, 1.54) is 30.8 Å². The van der Waals surface area contributed by atoms with Crippen molar-refractivity contribution in [3.63, 3.8) is 0 Å². The Hall–Kier alpha value is -0.640. The number of nitrogens with one attached hydrogen (secondary N) is 1. The van der Waals surface area contributed by atoms with Crippen molar-refractivity contribution in [1.29, 1.82) is 0 Å². The number of aryl methyl sites for hydroxylation is 1. The lowest BCUT2D eigenvalue weighted by atomic mass is 9.78. The third-order valence-electron chi connectivity index (χ3n) is 3.80. The molecule has 1 saturated carbocycles. The largest absolute Gasteiger partial charge is 0.357 e. The summed E-state index contributed by atoms with van der Waals surface area (Å²) in [6.45, 7) is 6.80. The van der Waals surface area contributed by atoms with Gasteiger partial charge >= 0.3 is 0 Å². The summed E-state index contributed by atoms with van der Waals surface area (Å²) in [6, 6.07) is 0.585. The van der Waals surface area contributed by atoms with Crippen molar-refractivity contribution in [2.75, 3.05) is 5.32 Å². The summed E-state index contributed by atoms with van der Waals surface area (Å²) in [5.41, 5.74) is 0. The third kappa shape index (κ3) is 2.54. The quantitative estimate of drug-likeness (QED) is 0.879. The maximum Gasteiger partial charge on any atom is 0.202 e. The zero-order valence-corrected chi connectivity index (χ0v) is 11.2. The normalized spacial score (nSPS) is 30.3. The molecule has 1 aromatic heterocycles. The number of nitrogens with zero attached hydrogens (tertiary/aromatic N) is 2. The average molecular weight is 239 g/mol. The van der Waals surface area contributed by atoms with Crippen LogP contribution in [-0.4, -0.2) is 15.4 Å². The molecular weight excluding hydrogens is 218 g/mol. The zero-order valence-electron chi connectivity index (χ0n) is 10.4. The highest BCUT2D eigenvalue weighted by atomic mass is 32.1. The van der Waals surface area contributed by atoms with Crippen LogP contribution in [0.4, 0.5) is 5.13 Å². The highest BCUT2D eigenvalue weighted by Gasteiger charge is 2.27. The van der Waals surface area contributed by atoms with Gasteiger partial charge in [-0.05, 0) is 18.3 Å². The van der Waals surface area contributed by atoms with E-state index >= 15 is 0 Å². The van der Waals surface area contributed by atoms with Crippen LogP contribution in [0.1, 0.15) is 45.9 Å². The van der Waals surface area contributed by atoms with Crippen LogP contribution in [0.15, 0.2) is 0 Å². The van der Waals surface area contributed by atoms with Gasteiger partial charge in [-0.25, -0.2) is 4.98 Å². The molecule has 3 unspecified atom stereocenters. The summed E-state index contributed by atoms with van der Waals surface area (Å²) in [5, 5.41) is 4.56. The maximum atomic E-state index is 4.48. The van der Waals surface area contributed by atoms with Crippen molar-refractivity contribution in [1.82, 2.24) is 9.36 Å². The van der Waals surface area contributed by atoms with Crippen molar-refractivity contribution >= 4 is 16.7 Å². The van der Waals surface area contributed by atoms with Crippen molar-refractivity contribution in [3.8, 4) is 0 Å². The molecule has 2 rings (SSSR count). The summed E-state index contributed by atoms with van der Waals surface area (Å²) < 4.78 is 4.31. The lowest BCUT2D eigenvalue weighted by molar-refractivity contribution is 0.253. The molecule has 1 N–H and O–H groups in total. The molecule has 1 aliphatic rings. The van der Waals surface area contributed by atoms with Crippen LogP contribution in [0, 0.1) is 11.8 Å². The highest BCUT2D eigenvalue weighted by molar-refractivity contribution is 7.09. The molecular formula is C12H21N3S. The van der Waals surface area contributed by atoms with Gasteiger partial charge in [0.05, 0.1) is 0 Å². The van der Waals surface area contributed by atoms with Crippen molar-refractivity contribution in [2.24, 2.45) is 11.8 Å². The van der Waals surface area contributed by atoms with E-state index in [4.69, 9.17) is 0 Å². The molecule has 4 heteroatoms. The van der Waals surface area contributed by atoms with E-state index in [-0.39, 0.29) is 0 Å². The van der Waals surface area contributed by atoms with E-state index in [9.17, 15) is 0 Å². The lowest BCUT2D eigenvalue weighted by Gasteiger charge is -2.34. The summed E-state index contributed by atoms with van der Waals surface area (Å²) in [4.78, 5) is 4.48. The van der Waals surface area contributed by atoms with Crippen LogP contribution in [0.3, 0.4) is 0 Å². The predicted octanol–water partition coefficient (Wildman–Crippen LogP) is 3.34. The van der Waals surface area contributed by atoms with Crippen LogP contribution in [0.2, 0.25) is 0 Å². The third-order valence-corrected chi connectivity index (χ3v) is 4.48. The molecule has 1 fully saturated rings. The molecule has 1 aliphatic carbocycles. The summed E-state index contributed by atoms with van der Waals surface area (Å²) >= 11 is 1.50. The van der Waals surface area contributed by atoms with Crippen molar-refractivity contribution < 1.29 is 0 Å². The van der Waals surface area contributed by atoms with Gasteiger partial charge in [-0.2, -0.15) is 4.37 Å². The number of hydrogen-bond donors (Lipinski definition) is 1. The Morgan fingerprint density at radius 2 is 2.19 bits per heavy atom. The number of anilines is 1. The molecule has 0 aromatic carbocycles. The Labute approximate surface area is 102 Å². The molecule has 0 bridgehead atoms. The Morgan fingerprint density at radius 1 is 1.38 bits per heavy atom. The minimum atomic E-state index is 0.585. The van der Waals surface area contributed by atoms with Gasteiger partial charge in [0.2, 0.25) is 5.13 Å². The van der Waals surface area contributed by atoms with Crippen molar-refractivity contribution in [2.45, 2.75) is 52.5 Å². The van der Waals surface area contributed by atoms with Gasteiger partial charge in [0.25, 0.3) is 0 Å². The van der Waals surface area contributed by atoms with Crippen LogP contribution in [0.25, 0.3) is 0 Å². The SMILES string of the molecule is CCc1nsc(NC2CCCC(C)C2C)n1. The Balaban J connectivity index is 1.97. The molecule has 0 amide bonds. The molecule has 0 aliphatic heterocycles. The standard InChI is InChI=1S/C12H21N3S/c1-4-11-14-12(16-15-11)13-10-7-5-6-8(2)9(10)3/h8-10H,4-7H2,1-3H3,(H,13,14,15). The van der Waals surface area contributed by atoms with Crippen LogP contribution in [0.5, 0.6) is 0 Å². The minimum absolute atomic E-state index is 0.585. The summed E-state index contributed by atoms with van der Waals surface area (Å²) in [7, 11) is 0. The fourth-order valence-corrected chi connectivity index (χ4v) is 3.11. The van der Waals surface area contributed by atoms with Gasteiger partial charge in [-0.15, -0.1) is 0 Å². The fourth-order valence-electron chi connectivity index (χ4n) is 2.40. The monoisotopic (exact) mass is 239 g/mol. The fraction of sp³-hybridized carbons (Fsp3) is 0.833. The first-order valence-electron chi connectivity index (χ1n) is 6.29. The van der Waals surface area contributed by atoms with Gasteiger partial charge in [0, 0.05) is 24.0 Å². The lowest BCUT2D eigenvalue weighted by Crippen LogP contribution is -2.34. The summed E-state index contributed by atoms with van der Waals surface area (Å²) in [6.07, 6.45) is 4.90. The van der Waals surface area contributed by atoms with E-state index in [0.717, 1.165) is 29.2 Å². The molecule has 3 nitrogen and oxygen atoms in total. The van der Waals surface area contributed by atoms with Gasteiger partial charge in [0.15, 0.2) is 0 Å². The van der Waals surface area contributed by atoms with E-state index in [1.54, 1.807) is 0 Å². The van der Waals surface area contributed by atoms with Crippen molar-refractivity contribution in [3.05, 3.63) is 5.82 Å². The Bertz CT molecular complexity index is 337. The van der Waals surface area contributed by atoms with Gasteiger partial charge in [-0.3, -0.25) is 0 Å². The van der Waals surface area contributed by atoms with Crippen LogP contribution in [-0.2, 0) is 6.42 Å². The summed E-state index contributed by atoms with van der Waals surface area (Å²) in [5.74, 6) is 2.52. The van der Waals surface area contributed by atoms with Gasteiger partial charge < -0.3 is 5.32 Å². The van der Waals surface area contributed by atoms with E-state index in [0.29, 0.717) is 6.04 Å². The number of rotatable bonds is 3. The molecule has 3 atom stereocenters. The van der Waals surface area contributed by atoms with E-state index < -0.39 is 0 Å². The topological polar surface area (TPSA) is 37.8 Å². The van der Waals surface area contributed by atoms with E-state index in [1.807, 2.05) is 0 Å². The highest BCUT2D eigenvalue weighted by Crippen LogP contribution is 2.31. The molecule has 1 aromatic rings.